The highest BCUT2D eigenvalue weighted by molar-refractivity contribution is 6.08. The van der Waals surface area contributed by atoms with Crippen LogP contribution in [0.25, 0.3) is 21.5 Å². The minimum absolute atomic E-state index is 1.32. The van der Waals surface area contributed by atoms with E-state index in [0.29, 0.717) is 0 Å². The summed E-state index contributed by atoms with van der Waals surface area (Å²) < 4.78 is 0. The molecule has 0 bridgehead atoms. The van der Waals surface area contributed by atoms with Gasteiger partial charge in [-0.15, -0.1) is 0 Å². The number of benzene rings is 3. The van der Waals surface area contributed by atoms with E-state index in [1.165, 1.54) is 38.2 Å². The van der Waals surface area contributed by atoms with Crippen molar-refractivity contribution in [1.29, 1.82) is 0 Å². The van der Waals surface area contributed by atoms with Gasteiger partial charge in [-0.05, 0) is 47.9 Å². The molecule has 0 atom stereocenters. The summed E-state index contributed by atoms with van der Waals surface area (Å²) in [5, 5.41) is 5.44. The van der Waals surface area contributed by atoms with Gasteiger partial charge in [0.2, 0.25) is 0 Å². The van der Waals surface area contributed by atoms with E-state index in [-0.39, 0.29) is 0 Å². The fraction of sp³-hybridized carbons (Fsp3) is 0.176. The zero-order valence-corrected chi connectivity index (χ0v) is 10.5. The predicted octanol–water partition coefficient (Wildman–Crippen LogP) is 4.92. The molecule has 0 aliphatic rings. The monoisotopic (exact) mass is 220 g/mol. The topological polar surface area (TPSA) is 0 Å². The average Bonchev–Trinajstić information content (AvgIpc) is 2.27. The van der Waals surface area contributed by atoms with Crippen molar-refractivity contribution in [3.05, 3.63) is 59.2 Å². The molecular formula is C17H16. The Morgan fingerprint density at radius 2 is 1.35 bits per heavy atom. The Balaban J connectivity index is 2.55. The van der Waals surface area contributed by atoms with E-state index in [1.54, 1.807) is 0 Å². The second kappa shape index (κ2) is 3.59. The minimum Gasteiger partial charge on any atom is -0.0587 e. The summed E-state index contributed by atoms with van der Waals surface area (Å²) in [6.07, 6.45) is 0. The maximum absolute atomic E-state index is 2.29. The third kappa shape index (κ3) is 1.61. The van der Waals surface area contributed by atoms with Crippen molar-refractivity contribution in [1.82, 2.24) is 0 Å². The lowest BCUT2D eigenvalue weighted by molar-refractivity contribution is 1.43. The Morgan fingerprint density at radius 3 is 2.18 bits per heavy atom. The van der Waals surface area contributed by atoms with E-state index in [0.717, 1.165) is 0 Å². The SMILES string of the molecule is Cc1ccc2c(ccc3c(C)cc(C)cc32)c1. The van der Waals surface area contributed by atoms with E-state index in [2.05, 4.69) is 63.2 Å². The summed E-state index contributed by atoms with van der Waals surface area (Å²) in [6, 6.07) is 15.7. The predicted molar refractivity (Wildman–Crippen MR) is 75.7 cm³/mol. The van der Waals surface area contributed by atoms with Crippen LogP contribution in [0.15, 0.2) is 42.5 Å². The molecule has 0 radical (unpaired) electrons. The summed E-state index contributed by atoms with van der Waals surface area (Å²) in [6.45, 7) is 6.50. The smallest absolute Gasteiger partial charge is 0.0100 e. The number of hydrogen-bond donors (Lipinski definition) is 0. The molecule has 0 heteroatoms. The van der Waals surface area contributed by atoms with Gasteiger partial charge in [-0.1, -0.05) is 53.6 Å². The molecule has 3 aromatic rings. The molecule has 0 heterocycles. The van der Waals surface area contributed by atoms with Crippen LogP contribution in [0, 0.1) is 20.8 Å². The number of rotatable bonds is 0. The molecule has 3 rings (SSSR count). The lowest BCUT2D eigenvalue weighted by Crippen LogP contribution is -1.84. The van der Waals surface area contributed by atoms with Crippen LogP contribution in [0.3, 0.4) is 0 Å². The zero-order valence-electron chi connectivity index (χ0n) is 10.5. The van der Waals surface area contributed by atoms with E-state index >= 15 is 0 Å². The van der Waals surface area contributed by atoms with Crippen LogP contribution in [0.1, 0.15) is 16.7 Å². The van der Waals surface area contributed by atoms with Crippen LogP contribution in [0.4, 0.5) is 0 Å². The van der Waals surface area contributed by atoms with Crippen LogP contribution >= 0.6 is 0 Å². The molecule has 0 saturated heterocycles. The highest BCUT2D eigenvalue weighted by Crippen LogP contribution is 2.29. The number of fused-ring (bicyclic) bond motifs is 3. The van der Waals surface area contributed by atoms with Crippen molar-refractivity contribution in [3.63, 3.8) is 0 Å². The van der Waals surface area contributed by atoms with Crippen LogP contribution < -0.4 is 0 Å². The van der Waals surface area contributed by atoms with E-state index in [4.69, 9.17) is 0 Å². The zero-order chi connectivity index (χ0) is 12.0. The molecular weight excluding hydrogens is 204 g/mol. The standard InChI is InChI=1S/C17H16/c1-11-4-6-16-14(9-11)5-7-15-13(3)8-12(2)10-17(15)16/h4-10H,1-3H3. The van der Waals surface area contributed by atoms with Gasteiger partial charge in [0.25, 0.3) is 0 Å². The van der Waals surface area contributed by atoms with Gasteiger partial charge in [0.15, 0.2) is 0 Å². The summed E-state index contributed by atoms with van der Waals surface area (Å²) in [4.78, 5) is 0. The van der Waals surface area contributed by atoms with Gasteiger partial charge >= 0.3 is 0 Å². The molecule has 3 aromatic carbocycles. The second-order valence-corrected chi connectivity index (χ2v) is 4.97. The third-order valence-corrected chi connectivity index (χ3v) is 3.46. The third-order valence-electron chi connectivity index (χ3n) is 3.46. The molecule has 0 saturated carbocycles. The van der Waals surface area contributed by atoms with Crippen LogP contribution in [0.2, 0.25) is 0 Å². The molecule has 84 valence electrons. The Morgan fingerprint density at radius 1 is 0.588 bits per heavy atom. The summed E-state index contributed by atoms with van der Waals surface area (Å²) in [5.74, 6) is 0. The Hall–Kier alpha value is -1.82. The van der Waals surface area contributed by atoms with Crippen molar-refractivity contribution in [2.75, 3.05) is 0 Å². The van der Waals surface area contributed by atoms with Gasteiger partial charge in [0.05, 0.1) is 0 Å². The molecule has 0 unspecified atom stereocenters. The summed E-state index contributed by atoms with van der Waals surface area (Å²) in [7, 11) is 0. The Kier molecular flexibility index (Phi) is 2.19. The minimum atomic E-state index is 1.32. The molecule has 0 fully saturated rings. The fourth-order valence-electron chi connectivity index (χ4n) is 2.66. The second-order valence-electron chi connectivity index (χ2n) is 4.97. The highest BCUT2D eigenvalue weighted by Gasteiger charge is 2.03. The van der Waals surface area contributed by atoms with Crippen molar-refractivity contribution in [3.8, 4) is 0 Å². The lowest BCUT2D eigenvalue weighted by Gasteiger charge is -2.08. The fourth-order valence-corrected chi connectivity index (χ4v) is 2.66. The van der Waals surface area contributed by atoms with Crippen molar-refractivity contribution in [2.45, 2.75) is 20.8 Å². The van der Waals surface area contributed by atoms with Crippen LogP contribution in [-0.2, 0) is 0 Å². The molecule has 0 aliphatic heterocycles. The largest absolute Gasteiger partial charge is 0.0587 e. The lowest BCUT2D eigenvalue weighted by atomic mass is 9.96. The molecule has 0 aromatic heterocycles. The van der Waals surface area contributed by atoms with Crippen LogP contribution in [-0.4, -0.2) is 0 Å². The summed E-state index contributed by atoms with van der Waals surface area (Å²) >= 11 is 0. The first-order valence-corrected chi connectivity index (χ1v) is 6.05. The Bertz CT molecular complexity index is 721. The maximum Gasteiger partial charge on any atom is -0.0100 e. The average molecular weight is 220 g/mol. The first-order chi connectivity index (χ1) is 8.15. The van der Waals surface area contributed by atoms with Gasteiger partial charge in [0, 0.05) is 0 Å². The van der Waals surface area contributed by atoms with E-state index < -0.39 is 0 Å². The maximum atomic E-state index is 2.29. The molecule has 0 aliphatic carbocycles. The quantitative estimate of drug-likeness (QED) is 0.472. The molecule has 0 N–H and O–H groups in total. The normalized spacial score (nSPS) is 11.2. The molecule has 0 nitrogen and oxygen atoms in total. The van der Waals surface area contributed by atoms with E-state index in [9.17, 15) is 0 Å². The first-order valence-electron chi connectivity index (χ1n) is 6.05. The Labute approximate surface area is 102 Å². The number of hydrogen-bond acceptors (Lipinski definition) is 0. The molecule has 17 heavy (non-hydrogen) atoms. The highest BCUT2D eigenvalue weighted by atomic mass is 14.1. The molecule has 0 spiro atoms. The first kappa shape index (κ1) is 10.3. The summed E-state index contributed by atoms with van der Waals surface area (Å²) in [5.41, 5.74) is 4.02. The number of aryl methyl sites for hydroxylation is 3. The van der Waals surface area contributed by atoms with Gasteiger partial charge in [-0.25, -0.2) is 0 Å². The molecule has 0 amide bonds. The van der Waals surface area contributed by atoms with E-state index in [1.807, 2.05) is 0 Å². The van der Waals surface area contributed by atoms with Crippen LogP contribution in [0.5, 0.6) is 0 Å². The van der Waals surface area contributed by atoms with Crippen molar-refractivity contribution >= 4 is 21.5 Å². The van der Waals surface area contributed by atoms with Gasteiger partial charge in [0.1, 0.15) is 0 Å². The van der Waals surface area contributed by atoms with Gasteiger partial charge < -0.3 is 0 Å². The van der Waals surface area contributed by atoms with Crippen molar-refractivity contribution < 1.29 is 0 Å². The van der Waals surface area contributed by atoms with Gasteiger partial charge in [-0.3, -0.25) is 0 Å². The van der Waals surface area contributed by atoms with Crippen molar-refractivity contribution in [2.24, 2.45) is 0 Å². The van der Waals surface area contributed by atoms with Gasteiger partial charge in [-0.2, -0.15) is 0 Å².